The molecule has 0 amide bonds. The molecular weight excluding hydrogens is 342 g/mol. The molecular formula is C14H18BrNO3S. The minimum atomic E-state index is -3.45. The SMILES string of the molecule is COc1ccc(S(=O)(=O)N[C@H]2C[C@H]3CC[C@@H]2C3)cc1Br. The fourth-order valence-electron chi connectivity index (χ4n) is 3.47. The standard InChI is InChI=1S/C14H18BrNO3S/c1-19-14-5-4-11(8-12(14)15)20(17,18)16-13-7-9-2-3-10(13)6-9/h4-5,8-10,13,16H,2-3,6-7H2,1H3/t9-,10+,13-/m0/s1. The second-order valence-electron chi connectivity index (χ2n) is 5.70. The molecule has 20 heavy (non-hydrogen) atoms. The van der Waals surface area contributed by atoms with Crippen LogP contribution in [-0.4, -0.2) is 21.6 Å². The first-order valence-electron chi connectivity index (χ1n) is 6.85. The minimum Gasteiger partial charge on any atom is -0.496 e. The molecule has 1 aromatic carbocycles. The molecule has 3 rings (SSSR count). The van der Waals surface area contributed by atoms with Crippen molar-refractivity contribution in [2.24, 2.45) is 11.8 Å². The number of hydrogen-bond acceptors (Lipinski definition) is 3. The molecule has 0 radical (unpaired) electrons. The van der Waals surface area contributed by atoms with E-state index in [1.807, 2.05) is 0 Å². The Bertz CT molecular complexity index is 617. The monoisotopic (exact) mass is 359 g/mol. The average molecular weight is 360 g/mol. The van der Waals surface area contributed by atoms with E-state index in [-0.39, 0.29) is 10.9 Å². The van der Waals surface area contributed by atoms with Gasteiger partial charge in [0.15, 0.2) is 0 Å². The van der Waals surface area contributed by atoms with E-state index in [9.17, 15) is 8.42 Å². The highest BCUT2D eigenvalue weighted by atomic mass is 79.9. The van der Waals surface area contributed by atoms with Crippen molar-refractivity contribution in [2.45, 2.75) is 36.6 Å². The molecule has 0 heterocycles. The summed E-state index contributed by atoms with van der Waals surface area (Å²) in [5, 5.41) is 0. The first kappa shape index (κ1) is 14.4. The van der Waals surface area contributed by atoms with E-state index in [2.05, 4.69) is 20.7 Å². The highest BCUT2D eigenvalue weighted by Crippen LogP contribution is 2.44. The van der Waals surface area contributed by atoms with Gasteiger partial charge in [-0.1, -0.05) is 6.42 Å². The van der Waals surface area contributed by atoms with Crippen LogP contribution >= 0.6 is 15.9 Å². The molecule has 0 spiro atoms. The molecule has 2 aliphatic carbocycles. The van der Waals surface area contributed by atoms with Gasteiger partial charge in [0, 0.05) is 6.04 Å². The van der Waals surface area contributed by atoms with Gasteiger partial charge in [-0.25, -0.2) is 13.1 Å². The zero-order valence-corrected chi connectivity index (χ0v) is 13.7. The zero-order valence-electron chi connectivity index (χ0n) is 11.3. The van der Waals surface area contributed by atoms with Crippen molar-refractivity contribution in [1.29, 1.82) is 0 Å². The summed E-state index contributed by atoms with van der Waals surface area (Å²) >= 11 is 3.33. The lowest BCUT2D eigenvalue weighted by Gasteiger charge is -2.22. The van der Waals surface area contributed by atoms with Gasteiger partial charge in [-0.05, 0) is 65.2 Å². The first-order valence-corrected chi connectivity index (χ1v) is 9.13. The number of benzene rings is 1. The van der Waals surface area contributed by atoms with Gasteiger partial charge in [-0.3, -0.25) is 0 Å². The van der Waals surface area contributed by atoms with Gasteiger partial charge in [0.05, 0.1) is 16.5 Å². The summed E-state index contributed by atoms with van der Waals surface area (Å²) in [7, 11) is -1.89. The normalized spacial score (nSPS) is 28.8. The second-order valence-corrected chi connectivity index (χ2v) is 8.27. The van der Waals surface area contributed by atoms with Crippen molar-refractivity contribution in [3.63, 3.8) is 0 Å². The number of ether oxygens (including phenoxy) is 1. The number of methoxy groups -OCH3 is 1. The molecule has 110 valence electrons. The van der Waals surface area contributed by atoms with Gasteiger partial charge >= 0.3 is 0 Å². The summed E-state index contributed by atoms with van der Waals surface area (Å²) in [5.41, 5.74) is 0. The largest absolute Gasteiger partial charge is 0.496 e. The van der Waals surface area contributed by atoms with Crippen molar-refractivity contribution in [2.75, 3.05) is 7.11 Å². The van der Waals surface area contributed by atoms with Crippen LogP contribution in [0.15, 0.2) is 27.6 Å². The molecule has 6 heteroatoms. The summed E-state index contributed by atoms with van der Waals surface area (Å²) in [4.78, 5) is 0.285. The Morgan fingerprint density at radius 2 is 2.10 bits per heavy atom. The predicted molar refractivity (Wildman–Crippen MR) is 80.3 cm³/mol. The van der Waals surface area contributed by atoms with Gasteiger partial charge in [0.2, 0.25) is 10.0 Å². The predicted octanol–water partition coefficient (Wildman–Crippen LogP) is 2.92. The Labute approximate surface area is 128 Å². The van der Waals surface area contributed by atoms with Crippen molar-refractivity contribution < 1.29 is 13.2 Å². The number of sulfonamides is 1. The molecule has 0 saturated heterocycles. The zero-order chi connectivity index (χ0) is 14.3. The van der Waals surface area contributed by atoms with Gasteiger partial charge in [-0.15, -0.1) is 0 Å². The molecule has 2 aliphatic rings. The highest BCUT2D eigenvalue weighted by Gasteiger charge is 2.41. The van der Waals surface area contributed by atoms with Crippen LogP contribution in [0.5, 0.6) is 5.75 Å². The average Bonchev–Trinajstić information content (AvgIpc) is 3.00. The van der Waals surface area contributed by atoms with Crippen molar-refractivity contribution in [3.05, 3.63) is 22.7 Å². The van der Waals surface area contributed by atoms with E-state index in [0.717, 1.165) is 18.8 Å². The molecule has 0 aliphatic heterocycles. The summed E-state index contributed by atoms with van der Waals surface area (Å²) in [6.45, 7) is 0. The third-order valence-corrected chi connectivity index (χ3v) is 6.59. The fraction of sp³-hybridized carbons (Fsp3) is 0.571. The highest BCUT2D eigenvalue weighted by molar-refractivity contribution is 9.10. The molecule has 1 N–H and O–H groups in total. The van der Waals surface area contributed by atoms with Crippen LogP contribution in [0.1, 0.15) is 25.7 Å². The van der Waals surface area contributed by atoms with E-state index in [4.69, 9.17) is 4.74 Å². The van der Waals surface area contributed by atoms with Crippen molar-refractivity contribution >= 4 is 26.0 Å². The number of fused-ring (bicyclic) bond motifs is 2. The fourth-order valence-corrected chi connectivity index (χ4v) is 5.51. The summed E-state index contributed by atoms with van der Waals surface area (Å²) in [5.74, 6) is 1.87. The van der Waals surface area contributed by atoms with Crippen LogP contribution in [0, 0.1) is 11.8 Å². The topological polar surface area (TPSA) is 55.4 Å². The molecule has 2 fully saturated rings. The van der Waals surface area contributed by atoms with E-state index in [0.29, 0.717) is 16.1 Å². The van der Waals surface area contributed by atoms with E-state index in [1.54, 1.807) is 25.3 Å². The van der Waals surface area contributed by atoms with Gasteiger partial charge < -0.3 is 4.74 Å². The van der Waals surface area contributed by atoms with Crippen LogP contribution in [0.2, 0.25) is 0 Å². The Hall–Kier alpha value is -0.590. The van der Waals surface area contributed by atoms with Crippen LogP contribution in [-0.2, 0) is 10.0 Å². The van der Waals surface area contributed by atoms with Gasteiger partial charge in [0.1, 0.15) is 5.75 Å². The maximum absolute atomic E-state index is 12.4. The van der Waals surface area contributed by atoms with E-state index in [1.165, 1.54) is 12.8 Å². The lowest BCUT2D eigenvalue weighted by molar-refractivity contribution is 0.390. The summed E-state index contributed by atoms with van der Waals surface area (Å²) < 4.78 is 33.5. The smallest absolute Gasteiger partial charge is 0.240 e. The Morgan fingerprint density at radius 1 is 1.30 bits per heavy atom. The summed E-state index contributed by atoms with van der Waals surface area (Å²) in [6.07, 6.45) is 4.59. The minimum absolute atomic E-state index is 0.111. The Balaban J connectivity index is 1.79. The number of nitrogens with one attached hydrogen (secondary N) is 1. The van der Waals surface area contributed by atoms with Gasteiger partial charge in [-0.2, -0.15) is 0 Å². The van der Waals surface area contributed by atoms with Crippen LogP contribution in [0.3, 0.4) is 0 Å². The van der Waals surface area contributed by atoms with Crippen LogP contribution in [0.25, 0.3) is 0 Å². The lowest BCUT2D eigenvalue weighted by atomic mass is 9.96. The molecule has 1 aromatic rings. The summed E-state index contributed by atoms with van der Waals surface area (Å²) in [6, 6.07) is 4.95. The third kappa shape index (κ3) is 2.61. The Kier molecular flexibility index (Phi) is 3.81. The van der Waals surface area contributed by atoms with Crippen LogP contribution in [0.4, 0.5) is 0 Å². The van der Waals surface area contributed by atoms with Crippen LogP contribution < -0.4 is 9.46 Å². The van der Waals surface area contributed by atoms with Crippen molar-refractivity contribution in [1.82, 2.24) is 4.72 Å². The molecule has 0 aromatic heterocycles. The quantitative estimate of drug-likeness (QED) is 0.898. The molecule has 2 saturated carbocycles. The Morgan fingerprint density at radius 3 is 2.65 bits per heavy atom. The molecule has 3 atom stereocenters. The maximum Gasteiger partial charge on any atom is 0.240 e. The molecule has 4 nitrogen and oxygen atoms in total. The number of halogens is 1. The van der Waals surface area contributed by atoms with Gasteiger partial charge in [0.25, 0.3) is 0 Å². The maximum atomic E-state index is 12.4. The van der Waals surface area contributed by atoms with Crippen molar-refractivity contribution in [3.8, 4) is 5.75 Å². The third-order valence-electron chi connectivity index (χ3n) is 4.48. The second kappa shape index (κ2) is 5.31. The molecule has 2 bridgehead atoms. The number of rotatable bonds is 4. The van der Waals surface area contributed by atoms with E-state index < -0.39 is 10.0 Å². The molecule has 0 unspecified atom stereocenters. The van der Waals surface area contributed by atoms with E-state index >= 15 is 0 Å². The first-order chi connectivity index (χ1) is 9.49. The number of hydrogen-bond donors (Lipinski definition) is 1. The lowest BCUT2D eigenvalue weighted by Crippen LogP contribution is -2.38.